The molecule has 0 aliphatic carbocycles. The first-order valence-corrected chi connectivity index (χ1v) is 7.54. The molecule has 7 nitrogen and oxygen atoms in total. The molecular formula is C10H19N5O2S. The van der Waals surface area contributed by atoms with E-state index in [0.717, 1.165) is 32.4 Å². The minimum atomic E-state index is -3.59. The predicted octanol–water partition coefficient (Wildman–Crippen LogP) is -0.144. The molecule has 1 saturated heterocycles. The number of hydrogen-bond donors (Lipinski definition) is 3. The Morgan fingerprint density at radius 1 is 1.39 bits per heavy atom. The van der Waals surface area contributed by atoms with Crippen LogP contribution in [0.15, 0.2) is 4.90 Å². The van der Waals surface area contributed by atoms with Crippen LogP contribution in [0, 0.1) is 6.92 Å². The Balaban J connectivity index is 2.21. The van der Waals surface area contributed by atoms with Gasteiger partial charge in [0.15, 0.2) is 0 Å². The van der Waals surface area contributed by atoms with Gasteiger partial charge < -0.3 is 5.73 Å². The summed E-state index contributed by atoms with van der Waals surface area (Å²) in [5.74, 6) is 0. The van der Waals surface area contributed by atoms with Gasteiger partial charge in [0.2, 0.25) is 0 Å². The van der Waals surface area contributed by atoms with Crippen LogP contribution in [0.4, 0.5) is 0 Å². The summed E-state index contributed by atoms with van der Waals surface area (Å²) in [6.07, 6.45) is 3.17. The Morgan fingerprint density at radius 3 is 2.67 bits per heavy atom. The number of aryl methyl sites for hydroxylation is 1. The molecule has 1 fully saturated rings. The number of piperidine rings is 1. The van der Waals surface area contributed by atoms with Crippen LogP contribution < -0.4 is 10.6 Å². The zero-order valence-corrected chi connectivity index (χ0v) is 11.3. The van der Waals surface area contributed by atoms with Gasteiger partial charge in [0, 0.05) is 19.6 Å². The van der Waals surface area contributed by atoms with E-state index >= 15 is 0 Å². The molecule has 0 aromatic carbocycles. The second-order valence-corrected chi connectivity index (χ2v) is 6.07. The Hall–Kier alpha value is -0.960. The molecular weight excluding hydrogens is 254 g/mol. The molecule has 2 heterocycles. The van der Waals surface area contributed by atoms with Crippen LogP contribution in [0.2, 0.25) is 0 Å². The fraction of sp³-hybridized carbons (Fsp3) is 0.700. The number of nitrogens with one attached hydrogen (secondary N) is 2. The van der Waals surface area contributed by atoms with Crippen LogP contribution in [0.25, 0.3) is 0 Å². The van der Waals surface area contributed by atoms with Crippen molar-refractivity contribution >= 4 is 10.0 Å². The largest absolute Gasteiger partial charge is 0.325 e. The molecule has 1 aromatic heterocycles. The molecule has 1 aliphatic rings. The van der Waals surface area contributed by atoms with E-state index in [2.05, 4.69) is 15.0 Å². The topological polar surface area (TPSA) is 104 Å². The van der Waals surface area contributed by atoms with E-state index in [9.17, 15) is 8.42 Å². The summed E-state index contributed by atoms with van der Waals surface area (Å²) in [6, 6.07) is 0. The highest BCUT2D eigenvalue weighted by molar-refractivity contribution is 7.89. The predicted molar refractivity (Wildman–Crippen MR) is 67.0 cm³/mol. The highest BCUT2D eigenvalue weighted by Gasteiger charge is 2.26. The highest BCUT2D eigenvalue weighted by atomic mass is 32.2. The molecule has 1 aliphatic heterocycles. The van der Waals surface area contributed by atoms with Crippen LogP contribution in [-0.2, 0) is 16.6 Å². The lowest BCUT2D eigenvalue weighted by atomic mass is 10.2. The molecule has 0 atom stereocenters. The van der Waals surface area contributed by atoms with E-state index in [-0.39, 0.29) is 11.4 Å². The number of rotatable bonds is 4. The molecule has 4 N–H and O–H groups in total. The lowest BCUT2D eigenvalue weighted by Crippen LogP contribution is -2.45. The van der Waals surface area contributed by atoms with Crippen LogP contribution in [0.5, 0.6) is 0 Å². The van der Waals surface area contributed by atoms with Crippen molar-refractivity contribution in [2.24, 2.45) is 5.73 Å². The van der Waals surface area contributed by atoms with Crippen molar-refractivity contribution in [3.05, 3.63) is 11.4 Å². The third kappa shape index (κ3) is 2.72. The van der Waals surface area contributed by atoms with Gasteiger partial charge in [-0.2, -0.15) is 5.10 Å². The number of H-pyrrole nitrogens is 1. The monoisotopic (exact) mass is 273 g/mol. The Labute approximate surface area is 107 Å². The van der Waals surface area contributed by atoms with E-state index in [0.29, 0.717) is 11.4 Å². The maximum Gasteiger partial charge on any atom is 0.257 e. The molecule has 18 heavy (non-hydrogen) atoms. The number of aromatic nitrogens is 2. The van der Waals surface area contributed by atoms with Crippen LogP contribution in [0.1, 0.15) is 30.7 Å². The zero-order chi connectivity index (χ0) is 13.2. The number of nitrogens with two attached hydrogens (primary N) is 1. The van der Waals surface area contributed by atoms with E-state index < -0.39 is 10.0 Å². The average Bonchev–Trinajstić information content (AvgIpc) is 2.72. The second kappa shape index (κ2) is 5.35. The molecule has 8 heteroatoms. The van der Waals surface area contributed by atoms with E-state index in [1.807, 2.05) is 0 Å². The summed E-state index contributed by atoms with van der Waals surface area (Å²) < 4.78 is 24.6. The van der Waals surface area contributed by atoms with Crippen LogP contribution in [0.3, 0.4) is 0 Å². The van der Waals surface area contributed by atoms with Gasteiger partial charge in [-0.3, -0.25) is 5.10 Å². The molecule has 0 bridgehead atoms. The van der Waals surface area contributed by atoms with Gasteiger partial charge in [0.05, 0.1) is 11.4 Å². The van der Waals surface area contributed by atoms with Gasteiger partial charge >= 0.3 is 0 Å². The third-order valence-corrected chi connectivity index (χ3v) is 4.61. The summed E-state index contributed by atoms with van der Waals surface area (Å²) in [7, 11) is -3.59. The minimum Gasteiger partial charge on any atom is -0.325 e. The summed E-state index contributed by atoms with van der Waals surface area (Å²) in [6.45, 7) is 3.26. The SMILES string of the molecule is Cc1[nH]nc(CN)c1S(=O)(=O)NN1CCCCC1. The standard InChI is InChI=1S/C10H19N5O2S/c1-8-10(9(7-11)13-12-8)18(16,17)14-15-5-3-2-4-6-15/h14H,2-7,11H2,1H3,(H,12,13). The van der Waals surface area contributed by atoms with Crippen LogP contribution >= 0.6 is 0 Å². The molecule has 0 amide bonds. The first kappa shape index (κ1) is 13.5. The molecule has 0 unspecified atom stereocenters. The normalized spacial score (nSPS) is 18.1. The van der Waals surface area contributed by atoms with Crippen LogP contribution in [-0.4, -0.2) is 36.7 Å². The van der Waals surface area contributed by atoms with Crippen molar-refractivity contribution in [2.75, 3.05) is 13.1 Å². The molecule has 0 saturated carbocycles. The summed E-state index contributed by atoms with van der Waals surface area (Å²) >= 11 is 0. The number of hydrazine groups is 1. The van der Waals surface area contributed by atoms with E-state index in [1.165, 1.54) is 0 Å². The fourth-order valence-corrected chi connectivity index (χ4v) is 3.67. The van der Waals surface area contributed by atoms with Crippen molar-refractivity contribution in [2.45, 2.75) is 37.6 Å². The van der Waals surface area contributed by atoms with Gasteiger partial charge in [-0.05, 0) is 19.8 Å². The average molecular weight is 273 g/mol. The quantitative estimate of drug-likeness (QED) is 0.708. The zero-order valence-electron chi connectivity index (χ0n) is 10.4. The maximum absolute atomic E-state index is 12.3. The fourth-order valence-electron chi connectivity index (χ4n) is 2.17. The van der Waals surface area contributed by atoms with Gasteiger partial charge in [0.25, 0.3) is 10.0 Å². The van der Waals surface area contributed by atoms with Gasteiger partial charge in [0.1, 0.15) is 4.90 Å². The van der Waals surface area contributed by atoms with E-state index in [4.69, 9.17) is 5.73 Å². The van der Waals surface area contributed by atoms with Crippen molar-refractivity contribution in [3.8, 4) is 0 Å². The van der Waals surface area contributed by atoms with Crippen molar-refractivity contribution in [1.29, 1.82) is 0 Å². The summed E-state index contributed by atoms with van der Waals surface area (Å²) in [5, 5.41) is 8.31. The summed E-state index contributed by atoms with van der Waals surface area (Å²) in [5.41, 5.74) is 6.39. The van der Waals surface area contributed by atoms with Gasteiger partial charge in [-0.15, -0.1) is 4.83 Å². The molecule has 2 rings (SSSR count). The number of aromatic amines is 1. The minimum absolute atomic E-state index is 0.0978. The smallest absolute Gasteiger partial charge is 0.257 e. The first-order chi connectivity index (χ1) is 8.54. The second-order valence-electron chi connectivity index (χ2n) is 4.47. The maximum atomic E-state index is 12.3. The Bertz CT molecular complexity index is 504. The Morgan fingerprint density at radius 2 is 2.06 bits per heavy atom. The van der Waals surface area contributed by atoms with E-state index in [1.54, 1.807) is 11.9 Å². The molecule has 0 radical (unpaired) electrons. The highest BCUT2D eigenvalue weighted by Crippen LogP contribution is 2.18. The Kier molecular flexibility index (Phi) is 4.00. The van der Waals surface area contributed by atoms with Crippen molar-refractivity contribution < 1.29 is 8.42 Å². The third-order valence-electron chi connectivity index (χ3n) is 3.03. The lowest BCUT2D eigenvalue weighted by Gasteiger charge is -2.26. The molecule has 102 valence electrons. The van der Waals surface area contributed by atoms with Gasteiger partial charge in [-0.25, -0.2) is 13.4 Å². The molecule has 0 spiro atoms. The number of nitrogens with zero attached hydrogens (tertiary/aromatic N) is 2. The van der Waals surface area contributed by atoms with Gasteiger partial charge in [-0.1, -0.05) is 6.42 Å². The van der Waals surface area contributed by atoms with Crippen molar-refractivity contribution in [1.82, 2.24) is 20.0 Å². The van der Waals surface area contributed by atoms with Crippen molar-refractivity contribution in [3.63, 3.8) is 0 Å². The molecule has 1 aromatic rings. The number of hydrogen-bond acceptors (Lipinski definition) is 5. The number of sulfonamides is 1. The first-order valence-electron chi connectivity index (χ1n) is 6.06. The lowest BCUT2D eigenvalue weighted by molar-refractivity contribution is 0.200. The summed E-state index contributed by atoms with van der Waals surface area (Å²) in [4.78, 5) is 2.78.